The molecule has 1 saturated carbocycles. The SMILES string of the molecule is CC(NC(c1ccc(-n2ccnn2)cc1)c1nnnn1Cc1ccccc1)C1(CO)CC1. The van der Waals surface area contributed by atoms with Gasteiger partial charge in [0.1, 0.15) is 0 Å². The second-order valence-electron chi connectivity index (χ2n) is 8.46. The number of rotatable bonds is 9. The lowest BCUT2D eigenvalue weighted by atomic mass is 9.96. The maximum atomic E-state index is 9.93. The highest BCUT2D eigenvalue weighted by Gasteiger charge is 2.47. The molecule has 1 aliphatic carbocycles. The van der Waals surface area contributed by atoms with E-state index in [1.165, 1.54) is 0 Å². The van der Waals surface area contributed by atoms with Gasteiger partial charge in [0.25, 0.3) is 0 Å². The van der Waals surface area contributed by atoms with E-state index in [0.717, 1.165) is 35.5 Å². The first-order valence-corrected chi connectivity index (χ1v) is 10.8. The molecule has 0 amide bonds. The Morgan fingerprint density at radius 2 is 1.84 bits per heavy atom. The molecule has 1 aliphatic rings. The van der Waals surface area contributed by atoms with Crippen molar-refractivity contribution in [3.63, 3.8) is 0 Å². The van der Waals surface area contributed by atoms with Crippen LogP contribution in [0.25, 0.3) is 5.69 Å². The highest BCUT2D eigenvalue weighted by molar-refractivity contribution is 5.36. The number of aliphatic hydroxyl groups excluding tert-OH is 1. The maximum Gasteiger partial charge on any atom is 0.173 e. The number of nitrogens with zero attached hydrogens (tertiary/aromatic N) is 7. The highest BCUT2D eigenvalue weighted by atomic mass is 16.3. The number of aliphatic hydroxyl groups is 1. The predicted octanol–water partition coefficient (Wildman–Crippen LogP) is 2.14. The lowest BCUT2D eigenvalue weighted by Gasteiger charge is -2.28. The zero-order chi connectivity index (χ0) is 22.0. The average molecular weight is 431 g/mol. The molecule has 0 aliphatic heterocycles. The second kappa shape index (κ2) is 8.60. The van der Waals surface area contributed by atoms with Gasteiger partial charge in [-0.25, -0.2) is 9.36 Å². The Morgan fingerprint density at radius 1 is 1.06 bits per heavy atom. The first-order valence-electron chi connectivity index (χ1n) is 10.8. The molecule has 2 atom stereocenters. The minimum Gasteiger partial charge on any atom is -0.396 e. The van der Waals surface area contributed by atoms with Crippen molar-refractivity contribution in [2.24, 2.45) is 5.41 Å². The normalized spacial score (nSPS) is 16.6. The highest BCUT2D eigenvalue weighted by Crippen LogP contribution is 2.48. The quantitative estimate of drug-likeness (QED) is 0.419. The Bertz CT molecular complexity index is 1140. The molecule has 164 valence electrons. The molecule has 2 N–H and O–H groups in total. The van der Waals surface area contributed by atoms with Crippen LogP contribution in [0.3, 0.4) is 0 Å². The number of hydrogen-bond donors (Lipinski definition) is 2. The van der Waals surface area contributed by atoms with E-state index in [1.54, 1.807) is 10.9 Å². The molecule has 0 saturated heterocycles. The van der Waals surface area contributed by atoms with Crippen molar-refractivity contribution in [2.45, 2.75) is 38.4 Å². The van der Waals surface area contributed by atoms with Gasteiger partial charge in [0, 0.05) is 11.5 Å². The molecule has 2 unspecified atom stereocenters. The van der Waals surface area contributed by atoms with E-state index in [-0.39, 0.29) is 24.1 Å². The van der Waals surface area contributed by atoms with Gasteiger partial charge < -0.3 is 10.4 Å². The molecule has 0 spiro atoms. The van der Waals surface area contributed by atoms with Gasteiger partial charge >= 0.3 is 0 Å². The second-order valence-corrected chi connectivity index (χ2v) is 8.46. The van der Waals surface area contributed by atoms with Crippen molar-refractivity contribution < 1.29 is 5.11 Å². The van der Waals surface area contributed by atoms with Crippen LogP contribution in [-0.2, 0) is 6.54 Å². The summed E-state index contributed by atoms with van der Waals surface area (Å²) in [7, 11) is 0. The smallest absolute Gasteiger partial charge is 0.173 e. The lowest BCUT2D eigenvalue weighted by molar-refractivity contribution is 0.172. The van der Waals surface area contributed by atoms with Crippen LogP contribution in [0.1, 0.15) is 42.8 Å². The van der Waals surface area contributed by atoms with Gasteiger partial charge in [-0.1, -0.05) is 47.7 Å². The third-order valence-electron chi connectivity index (χ3n) is 6.45. The van der Waals surface area contributed by atoms with Crippen molar-refractivity contribution in [1.82, 2.24) is 40.5 Å². The van der Waals surface area contributed by atoms with E-state index in [1.807, 2.05) is 41.2 Å². The fourth-order valence-electron chi connectivity index (χ4n) is 4.09. The van der Waals surface area contributed by atoms with E-state index in [9.17, 15) is 5.11 Å². The van der Waals surface area contributed by atoms with Crippen LogP contribution in [0.4, 0.5) is 0 Å². The average Bonchev–Trinajstić information content (AvgIpc) is 3.20. The molecular weight excluding hydrogens is 404 g/mol. The standard InChI is InChI=1S/C23H26N8O/c1-17(23(16-32)11-12-23)25-21(19-7-9-20(10-8-19)30-14-13-24-28-30)22-26-27-29-31(22)15-18-5-3-2-4-6-18/h2-10,13-14,17,21,25,32H,11-12,15-16H2,1H3. The minimum atomic E-state index is -0.225. The molecule has 0 bridgehead atoms. The van der Waals surface area contributed by atoms with Crippen LogP contribution >= 0.6 is 0 Å². The van der Waals surface area contributed by atoms with E-state index in [4.69, 9.17) is 0 Å². The van der Waals surface area contributed by atoms with Crippen LogP contribution in [0, 0.1) is 5.41 Å². The fourth-order valence-corrected chi connectivity index (χ4v) is 4.09. The number of tetrazole rings is 1. The molecule has 2 aromatic carbocycles. The monoisotopic (exact) mass is 430 g/mol. The largest absolute Gasteiger partial charge is 0.396 e. The van der Waals surface area contributed by atoms with Crippen molar-refractivity contribution in [3.8, 4) is 5.69 Å². The van der Waals surface area contributed by atoms with Crippen LogP contribution in [0.2, 0.25) is 0 Å². The Morgan fingerprint density at radius 3 is 2.50 bits per heavy atom. The molecule has 4 aromatic rings. The summed E-state index contributed by atoms with van der Waals surface area (Å²) in [6.45, 7) is 2.89. The fraction of sp³-hybridized carbons (Fsp3) is 0.348. The van der Waals surface area contributed by atoms with Crippen molar-refractivity contribution in [2.75, 3.05) is 6.61 Å². The van der Waals surface area contributed by atoms with Crippen LogP contribution in [-0.4, -0.2) is 53.0 Å². The van der Waals surface area contributed by atoms with Gasteiger partial charge in [-0.05, 0) is 53.5 Å². The summed E-state index contributed by atoms with van der Waals surface area (Å²) >= 11 is 0. The topological polar surface area (TPSA) is 107 Å². The van der Waals surface area contributed by atoms with E-state index in [2.05, 4.69) is 62.3 Å². The van der Waals surface area contributed by atoms with E-state index >= 15 is 0 Å². The van der Waals surface area contributed by atoms with Gasteiger partial charge in [-0.2, -0.15) is 0 Å². The molecule has 5 rings (SSSR count). The number of hydrogen-bond acceptors (Lipinski definition) is 7. The van der Waals surface area contributed by atoms with Gasteiger partial charge in [-0.15, -0.1) is 10.2 Å². The Balaban J connectivity index is 1.47. The van der Waals surface area contributed by atoms with E-state index in [0.29, 0.717) is 6.54 Å². The summed E-state index contributed by atoms with van der Waals surface area (Å²) in [5.41, 5.74) is 3.02. The number of aromatic nitrogens is 7. The van der Waals surface area contributed by atoms with Crippen molar-refractivity contribution >= 4 is 0 Å². The molecule has 9 nitrogen and oxygen atoms in total. The zero-order valence-corrected chi connectivity index (χ0v) is 17.9. The molecule has 2 aromatic heterocycles. The molecular formula is C23H26N8O. The number of benzene rings is 2. The predicted molar refractivity (Wildman–Crippen MR) is 118 cm³/mol. The third kappa shape index (κ3) is 4.04. The lowest BCUT2D eigenvalue weighted by Crippen LogP contribution is -2.40. The molecule has 32 heavy (non-hydrogen) atoms. The van der Waals surface area contributed by atoms with Gasteiger partial charge in [0.15, 0.2) is 5.82 Å². The Labute approximate surface area is 186 Å². The van der Waals surface area contributed by atoms with E-state index < -0.39 is 0 Å². The van der Waals surface area contributed by atoms with Crippen LogP contribution < -0.4 is 5.32 Å². The number of nitrogens with one attached hydrogen (secondary N) is 1. The molecule has 9 heteroatoms. The third-order valence-corrected chi connectivity index (χ3v) is 6.45. The molecule has 0 radical (unpaired) electrons. The summed E-state index contributed by atoms with van der Waals surface area (Å²) in [5, 5.41) is 34.2. The van der Waals surface area contributed by atoms with Gasteiger partial charge in [0.05, 0.1) is 37.3 Å². The van der Waals surface area contributed by atoms with Gasteiger partial charge in [0.2, 0.25) is 0 Å². The summed E-state index contributed by atoms with van der Waals surface area (Å²) in [6.07, 6.45) is 5.50. The summed E-state index contributed by atoms with van der Waals surface area (Å²) in [6, 6.07) is 18.2. The summed E-state index contributed by atoms with van der Waals surface area (Å²) in [5.74, 6) is 0.739. The maximum absolute atomic E-state index is 9.93. The van der Waals surface area contributed by atoms with Crippen molar-refractivity contribution in [3.05, 3.63) is 83.9 Å². The first kappa shape index (κ1) is 20.5. The zero-order valence-electron chi connectivity index (χ0n) is 17.9. The van der Waals surface area contributed by atoms with Gasteiger partial charge in [-0.3, -0.25) is 0 Å². The Hall–Kier alpha value is -3.43. The Kier molecular flexibility index (Phi) is 5.50. The van der Waals surface area contributed by atoms with Crippen LogP contribution in [0.15, 0.2) is 67.0 Å². The van der Waals surface area contributed by atoms with Crippen molar-refractivity contribution in [1.29, 1.82) is 0 Å². The summed E-state index contributed by atoms with van der Waals surface area (Å²) < 4.78 is 3.56. The van der Waals surface area contributed by atoms with Crippen LogP contribution in [0.5, 0.6) is 0 Å². The molecule has 2 heterocycles. The first-order chi connectivity index (χ1) is 15.7. The minimum absolute atomic E-state index is 0.0728. The summed E-state index contributed by atoms with van der Waals surface area (Å²) in [4.78, 5) is 0. The molecule has 1 fully saturated rings.